The molecule has 4 saturated carbocycles. The molecule has 202 valence electrons. The summed E-state index contributed by atoms with van der Waals surface area (Å²) in [7, 11) is 0. The monoisotopic (exact) mass is 507 g/mol. The lowest BCUT2D eigenvalue weighted by molar-refractivity contribution is -0.145. The van der Waals surface area contributed by atoms with Crippen LogP contribution < -0.4 is 5.32 Å². The fourth-order valence-corrected chi connectivity index (χ4v) is 8.07. The third-order valence-electron chi connectivity index (χ3n) is 9.12. The van der Waals surface area contributed by atoms with Crippen LogP contribution in [0.1, 0.15) is 51.1 Å². The molecule has 5 aliphatic rings. The van der Waals surface area contributed by atoms with Crippen LogP contribution >= 0.6 is 0 Å². The molecule has 1 aromatic rings. The highest BCUT2D eigenvalue weighted by atomic mass is 16.5. The Morgan fingerprint density at radius 3 is 2.28 bits per heavy atom. The predicted octanol–water partition coefficient (Wildman–Crippen LogP) is -0.725. The number of aromatic nitrogens is 3. The molecule has 2 heterocycles. The minimum Gasteiger partial charge on any atom is -0.395 e. The van der Waals surface area contributed by atoms with Crippen molar-refractivity contribution in [2.75, 3.05) is 26.4 Å². The van der Waals surface area contributed by atoms with Crippen molar-refractivity contribution < 1.29 is 30.0 Å². The maximum absolute atomic E-state index is 11.6. The molecule has 5 atom stereocenters. The van der Waals surface area contributed by atoms with Crippen LogP contribution in [0.15, 0.2) is 6.20 Å². The number of carbonyl (C=O) groups excluding carboxylic acids is 1. The number of aliphatic hydroxyl groups is 4. The van der Waals surface area contributed by atoms with E-state index in [1.807, 2.05) is 6.20 Å². The van der Waals surface area contributed by atoms with E-state index < -0.39 is 36.9 Å². The van der Waals surface area contributed by atoms with E-state index in [4.69, 9.17) is 4.74 Å². The standard InChI is InChI=1S/C25H41N5O6/c1-15(33)26-22-20(11-31)30(21(12-32)23(34)24(22)35)3-2-29-10-19(27-28-29)13-36-14-25-7-16-4-17(8-25)6-18(5-16)9-25/h10,16-18,20-24,31-32,34-35H,2-9,11-14H2,1H3,(H,26,33)/t16-,17-,18?,20-,21-,22+,23-,24-,25?/m1/s1. The fraction of sp³-hybridized carbons (Fsp3) is 0.880. The minimum absolute atomic E-state index is 0.327. The average Bonchev–Trinajstić information content (AvgIpc) is 3.27. The van der Waals surface area contributed by atoms with Crippen LogP contribution in [0.3, 0.4) is 0 Å². The van der Waals surface area contributed by atoms with Crippen LogP contribution in [-0.2, 0) is 22.7 Å². The van der Waals surface area contributed by atoms with Gasteiger partial charge in [-0.1, -0.05) is 5.21 Å². The van der Waals surface area contributed by atoms with Crippen LogP contribution in [0, 0.1) is 23.2 Å². The molecule has 1 aromatic heterocycles. The summed E-state index contributed by atoms with van der Waals surface area (Å²) in [6, 6.07) is -2.32. The molecule has 1 amide bonds. The largest absolute Gasteiger partial charge is 0.395 e. The van der Waals surface area contributed by atoms with Gasteiger partial charge in [-0.05, 0) is 61.7 Å². The van der Waals surface area contributed by atoms with Crippen molar-refractivity contribution in [1.82, 2.24) is 25.2 Å². The second-order valence-electron chi connectivity index (χ2n) is 11.8. The Balaban J connectivity index is 1.16. The van der Waals surface area contributed by atoms with Crippen LogP contribution in [-0.4, -0.2) is 103 Å². The first-order valence-corrected chi connectivity index (χ1v) is 13.4. The van der Waals surface area contributed by atoms with E-state index in [0.29, 0.717) is 25.1 Å². The first-order valence-electron chi connectivity index (χ1n) is 13.4. The SMILES string of the molecule is CC(=O)N[C@@H]1[C@@H](O)[C@H](O)[C@@H](CO)N(CCn2cc(COCC34CC5C[C@H](C3)C[C@H](C5)C4)nn2)[C@@H]1CO. The van der Waals surface area contributed by atoms with Crippen molar-refractivity contribution in [3.05, 3.63) is 11.9 Å². The number of likely N-dealkylation sites (tertiary alicyclic amines) is 1. The number of amides is 1. The number of rotatable bonds is 10. The van der Waals surface area contributed by atoms with Crippen molar-refractivity contribution in [3.63, 3.8) is 0 Å². The molecule has 4 aliphatic carbocycles. The highest BCUT2D eigenvalue weighted by Gasteiger charge is 2.51. The quantitative estimate of drug-likeness (QED) is 0.276. The average molecular weight is 508 g/mol. The second-order valence-corrected chi connectivity index (χ2v) is 11.8. The lowest BCUT2D eigenvalue weighted by Gasteiger charge is -2.56. The van der Waals surface area contributed by atoms with Gasteiger partial charge in [0.1, 0.15) is 11.8 Å². The summed E-state index contributed by atoms with van der Waals surface area (Å²) in [4.78, 5) is 13.4. The van der Waals surface area contributed by atoms with Gasteiger partial charge in [0.25, 0.3) is 0 Å². The van der Waals surface area contributed by atoms with Gasteiger partial charge in [0.05, 0.1) is 63.4 Å². The number of ether oxygens (including phenoxy) is 1. The number of carbonyl (C=O) groups is 1. The molecule has 0 spiro atoms. The topological polar surface area (TPSA) is 153 Å². The van der Waals surface area contributed by atoms with E-state index in [0.717, 1.165) is 30.1 Å². The fourth-order valence-electron chi connectivity index (χ4n) is 8.07. The number of nitrogens with one attached hydrogen (secondary N) is 1. The van der Waals surface area contributed by atoms with Gasteiger partial charge in [0.2, 0.25) is 5.91 Å². The summed E-state index contributed by atoms with van der Waals surface area (Å²) >= 11 is 0. The maximum atomic E-state index is 11.6. The molecule has 4 bridgehead atoms. The van der Waals surface area contributed by atoms with Crippen LogP contribution in [0.25, 0.3) is 0 Å². The van der Waals surface area contributed by atoms with Crippen LogP contribution in [0.2, 0.25) is 0 Å². The number of hydrogen-bond donors (Lipinski definition) is 5. The molecule has 11 nitrogen and oxygen atoms in total. The Labute approximate surface area is 211 Å². The minimum atomic E-state index is -1.30. The third-order valence-corrected chi connectivity index (χ3v) is 9.12. The number of piperidine rings is 1. The van der Waals surface area contributed by atoms with Gasteiger partial charge < -0.3 is 30.5 Å². The van der Waals surface area contributed by atoms with Crippen molar-refractivity contribution >= 4 is 5.91 Å². The predicted molar refractivity (Wildman–Crippen MR) is 128 cm³/mol. The molecule has 5 fully saturated rings. The van der Waals surface area contributed by atoms with Crippen molar-refractivity contribution in [2.24, 2.45) is 23.2 Å². The number of hydrogen-bond acceptors (Lipinski definition) is 9. The Kier molecular flexibility index (Phi) is 7.67. The highest BCUT2D eigenvalue weighted by molar-refractivity contribution is 5.73. The zero-order valence-electron chi connectivity index (χ0n) is 21.1. The number of aliphatic hydroxyl groups excluding tert-OH is 4. The molecular weight excluding hydrogens is 466 g/mol. The van der Waals surface area contributed by atoms with E-state index in [-0.39, 0.29) is 12.5 Å². The smallest absolute Gasteiger partial charge is 0.217 e. The second kappa shape index (κ2) is 10.6. The van der Waals surface area contributed by atoms with Crippen molar-refractivity contribution in [1.29, 1.82) is 0 Å². The molecule has 36 heavy (non-hydrogen) atoms. The lowest BCUT2D eigenvalue weighted by atomic mass is 9.50. The molecule has 6 rings (SSSR count). The molecular formula is C25H41N5O6. The van der Waals surface area contributed by atoms with E-state index in [1.165, 1.54) is 45.4 Å². The lowest BCUT2D eigenvalue weighted by Crippen LogP contribution is -2.72. The molecule has 1 aliphatic heterocycles. The normalized spacial score (nSPS) is 40.0. The van der Waals surface area contributed by atoms with E-state index in [2.05, 4.69) is 15.6 Å². The summed E-state index contributed by atoms with van der Waals surface area (Å²) in [6.45, 7) is 2.49. The van der Waals surface area contributed by atoms with Gasteiger partial charge in [-0.25, -0.2) is 0 Å². The van der Waals surface area contributed by atoms with Gasteiger partial charge in [0.15, 0.2) is 0 Å². The van der Waals surface area contributed by atoms with Crippen LogP contribution in [0.5, 0.6) is 0 Å². The Morgan fingerprint density at radius 2 is 1.69 bits per heavy atom. The molecule has 0 unspecified atom stereocenters. The Morgan fingerprint density at radius 1 is 1.06 bits per heavy atom. The van der Waals surface area contributed by atoms with Crippen molar-refractivity contribution in [2.45, 2.75) is 88.9 Å². The molecule has 0 radical (unpaired) electrons. The van der Waals surface area contributed by atoms with Gasteiger partial charge in [-0.15, -0.1) is 5.10 Å². The first-order chi connectivity index (χ1) is 17.3. The number of nitrogens with zero attached hydrogens (tertiary/aromatic N) is 4. The Hall–Kier alpha value is -1.63. The van der Waals surface area contributed by atoms with Crippen LogP contribution in [0.4, 0.5) is 0 Å². The van der Waals surface area contributed by atoms with Gasteiger partial charge in [-0.2, -0.15) is 0 Å². The zero-order chi connectivity index (χ0) is 25.4. The maximum Gasteiger partial charge on any atom is 0.217 e. The summed E-state index contributed by atoms with van der Waals surface area (Å²) in [5, 5.41) is 52.0. The van der Waals surface area contributed by atoms with E-state index in [1.54, 1.807) is 9.58 Å². The first kappa shape index (κ1) is 26.0. The molecule has 5 N–H and O–H groups in total. The molecule has 1 saturated heterocycles. The summed E-state index contributed by atoms with van der Waals surface area (Å²) in [5.74, 6) is 2.31. The molecule has 0 aromatic carbocycles. The van der Waals surface area contributed by atoms with Gasteiger partial charge in [-0.3, -0.25) is 14.4 Å². The summed E-state index contributed by atoms with van der Waals surface area (Å²) in [6.07, 6.45) is 7.42. The van der Waals surface area contributed by atoms with E-state index >= 15 is 0 Å². The zero-order valence-corrected chi connectivity index (χ0v) is 21.1. The summed E-state index contributed by atoms with van der Waals surface area (Å²) < 4.78 is 7.84. The highest BCUT2D eigenvalue weighted by Crippen LogP contribution is 2.60. The van der Waals surface area contributed by atoms with Crippen molar-refractivity contribution in [3.8, 4) is 0 Å². The summed E-state index contributed by atoms with van der Waals surface area (Å²) in [5.41, 5.74) is 1.11. The Bertz CT molecular complexity index is 876. The van der Waals surface area contributed by atoms with Gasteiger partial charge in [0, 0.05) is 13.5 Å². The molecule has 11 heteroatoms. The van der Waals surface area contributed by atoms with E-state index in [9.17, 15) is 25.2 Å². The third kappa shape index (κ3) is 5.19. The van der Waals surface area contributed by atoms with Gasteiger partial charge >= 0.3 is 0 Å².